The zero-order valence-corrected chi connectivity index (χ0v) is 13.4. The number of rotatable bonds is 7. The number of ether oxygens (including phenoxy) is 2. The lowest BCUT2D eigenvalue weighted by molar-refractivity contribution is -0.157. The molecule has 22 heavy (non-hydrogen) atoms. The van der Waals surface area contributed by atoms with E-state index in [1.54, 1.807) is 0 Å². The maximum atomic E-state index is 11.5. The second kappa shape index (κ2) is 7.98. The zero-order valence-electron chi connectivity index (χ0n) is 11.7. The van der Waals surface area contributed by atoms with E-state index in [-0.39, 0.29) is 0 Å². The third-order valence-electron chi connectivity index (χ3n) is 1.90. The summed E-state index contributed by atoms with van der Waals surface area (Å²) in [6.07, 6.45) is 0. The lowest BCUT2D eigenvalue weighted by atomic mass is 10.7. The Morgan fingerprint density at radius 1 is 0.682 bits per heavy atom. The van der Waals surface area contributed by atoms with Crippen molar-refractivity contribution in [1.29, 1.82) is 0 Å². The quantitative estimate of drug-likeness (QED) is 0.368. The molecule has 0 atom stereocenters. The van der Waals surface area contributed by atoms with E-state index in [0.717, 1.165) is 13.8 Å². The maximum Gasteiger partial charge on any atom is 0.328 e. The van der Waals surface area contributed by atoms with Crippen molar-refractivity contribution >= 4 is 43.6 Å². The van der Waals surface area contributed by atoms with Gasteiger partial charge in [-0.3, -0.25) is 19.2 Å². The van der Waals surface area contributed by atoms with Crippen LogP contribution in [0.4, 0.5) is 0 Å². The van der Waals surface area contributed by atoms with Gasteiger partial charge in [-0.1, -0.05) is 0 Å². The summed E-state index contributed by atoms with van der Waals surface area (Å²) in [4.78, 5) is 42.9. The number of carbonyl (C=O) groups is 4. The van der Waals surface area contributed by atoms with Crippen molar-refractivity contribution in [3.63, 3.8) is 0 Å². The van der Waals surface area contributed by atoms with Crippen molar-refractivity contribution in [3.05, 3.63) is 0 Å². The number of carbonyl (C=O) groups excluding carboxylic acids is 4. The molecule has 0 aromatic carbocycles. The molecule has 0 spiro atoms. The molecular formula is C10H14O10S2. The molecule has 0 heterocycles. The van der Waals surface area contributed by atoms with Gasteiger partial charge in [0, 0.05) is 13.8 Å². The van der Waals surface area contributed by atoms with E-state index in [1.165, 1.54) is 0 Å². The van der Waals surface area contributed by atoms with Crippen LogP contribution in [0.25, 0.3) is 0 Å². The second-order valence-electron chi connectivity index (χ2n) is 4.12. The van der Waals surface area contributed by atoms with Crippen molar-refractivity contribution in [1.82, 2.24) is 0 Å². The van der Waals surface area contributed by atoms with Gasteiger partial charge in [-0.05, 0) is 0 Å². The number of hydrogen-bond acceptors (Lipinski definition) is 10. The minimum atomic E-state index is -4.14. The molecule has 0 aliphatic rings. The summed E-state index contributed by atoms with van der Waals surface area (Å²) in [6.45, 7) is 1.80. The lowest BCUT2D eigenvalue weighted by Gasteiger charge is -2.05. The van der Waals surface area contributed by atoms with Crippen LogP contribution in [0.1, 0.15) is 13.8 Å². The van der Waals surface area contributed by atoms with E-state index < -0.39 is 66.6 Å². The molecule has 0 saturated heterocycles. The highest BCUT2D eigenvalue weighted by atomic mass is 32.2. The van der Waals surface area contributed by atoms with Gasteiger partial charge in [0.15, 0.2) is 19.7 Å². The van der Waals surface area contributed by atoms with E-state index in [4.69, 9.17) is 0 Å². The average molecular weight is 358 g/mol. The van der Waals surface area contributed by atoms with Gasteiger partial charge in [-0.25, -0.2) is 16.8 Å². The summed E-state index contributed by atoms with van der Waals surface area (Å²) in [5, 5.41) is 0. The molecule has 0 aliphatic carbocycles. The minimum Gasteiger partial charge on any atom is -0.393 e. The average Bonchev–Trinajstić information content (AvgIpc) is 2.22. The van der Waals surface area contributed by atoms with Crippen LogP contribution in [0.5, 0.6) is 0 Å². The molecule has 0 unspecified atom stereocenters. The summed E-state index contributed by atoms with van der Waals surface area (Å²) in [5.41, 5.74) is 0. The van der Waals surface area contributed by atoms with Crippen LogP contribution < -0.4 is 0 Å². The summed E-state index contributed by atoms with van der Waals surface area (Å²) in [7, 11) is -8.29. The SMILES string of the molecule is CC(=O)OC(=O)CS(=O)(=O)CCS(=O)(=O)CC(=O)OC(C)=O. The van der Waals surface area contributed by atoms with E-state index in [9.17, 15) is 36.0 Å². The van der Waals surface area contributed by atoms with Crippen LogP contribution in [0.2, 0.25) is 0 Å². The van der Waals surface area contributed by atoms with Crippen LogP contribution in [0.15, 0.2) is 0 Å². The Balaban J connectivity index is 4.57. The third kappa shape index (κ3) is 9.99. The van der Waals surface area contributed by atoms with Crippen molar-refractivity contribution < 1.29 is 45.5 Å². The zero-order chi connectivity index (χ0) is 17.6. The normalized spacial score (nSPS) is 11.5. The van der Waals surface area contributed by atoms with Gasteiger partial charge in [0.1, 0.15) is 11.5 Å². The monoisotopic (exact) mass is 358 g/mol. The first-order valence-electron chi connectivity index (χ1n) is 5.66. The Hall–Kier alpha value is -1.82. The fraction of sp³-hybridized carbons (Fsp3) is 0.600. The van der Waals surface area contributed by atoms with Gasteiger partial charge in [-0.15, -0.1) is 0 Å². The Bertz CT molecular complexity index is 610. The molecule has 12 heteroatoms. The van der Waals surface area contributed by atoms with E-state index in [2.05, 4.69) is 9.47 Å². The molecule has 126 valence electrons. The highest BCUT2D eigenvalue weighted by molar-refractivity contribution is 7.95. The Morgan fingerprint density at radius 2 is 0.955 bits per heavy atom. The minimum absolute atomic E-state index is 0.898. The Kier molecular flexibility index (Phi) is 7.32. The fourth-order valence-corrected chi connectivity index (χ4v) is 4.29. The largest absolute Gasteiger partial charge is 0.393 e. The second-order valence-corrected chi connectivity index (χ2v) is 8.48. The van der Waals surface area contributed by atoms with Gasteiger partial charge in [0.25, 0.3) is 0 Å². The number of sulfone groups is 2. The van der Waals surface area contributed by atoms with Crippen LogP contribution >= 0.6 is 0 Å². The predicted molar refractivity (Wildman–Crippen MR) is 70.9 cm³/mol. The number of hydrogen-bond donors (Lipinski definition) is 0. The van der Waals surface area contributed by atoms with Crippen molar-refractivity contribution in [2.45, 2.75) is 13.8 Å². The summed E-state index contributed by atoms with van der Waals surface area (Å²) in [5.74, 6) is -8.90. The molecule has 0 fully saturated rings. The smallest absolute Gasteiger partial charge is 0.328 e. The van der Waals surface area contributed by atoms with Crippen LogP contribution in [-0.2, 0) is 48.3 Å². The summed E-state index contributed by atoms with van der Waals surface area (Å²) < 4.78 is 54.0. The van der Waals surface area contributed by atoms with Gasteiger partial charge in [-0.2, -0.15) is 0 Å². The van der Waals surface area contributed by atoms with Crippen molar-refractivity contribution in [2.75, 3.05) is 23.0 Å². The molecule has 0 amide bonds. The molecule has 10 nitrogen and oxygen atoms in total. The number of esters is 4. The molecule has 0 saturated carbocycles. The standard InChI is InChI=1S/C10H14O10S2/c1-7(11)19-9(13)5-21(15,16)3-4-22(17,18)6-10(14)20-8(2)12/h3-6H2,1-2H3. The Labute approximate surface area is 126 Å². The van der Waals surface area contributed by atoms with Crippen LogP contribution in [0.3, 0.4) is 0 Å². The summed E-state index contributed by atoms with van der Waals surface area (Å²) in [6, 6.07) is 0. The Morgan fingerprint density at radius 3 is 1.18 bits per heavy atom. The summed E-state index contributed by atoms with van der Waals surface area (Å²) >= 11 is 0. The molecule has 0 bridgehead atoms. The van der Waals surface area contributed by atoms with E-state index >= 15 is 0 Å². The van der Waals surface area contributed by atoms with Crippen molar-refractivity contribution in [2.24, 2.45) is 0 Å². The van der Waals surface area contributed by atoms with Gasteiger partial charge in [0.2, 0.25) is 0 Å². The van der Waals surface area contributed by atoms with Gasteiger partial charge >= 0.3 is 23.9 Å². The molecule has 0 aromatic heterocycles. The highest BCUT2D eigenvalue weighted by Gasteiger charge is 2.25. The first-order valence-corrected chi connectivity index (χ1v) is 9.30. The maximum absolute atomic E-state index is 11.5. The molecule has 0 radical (unpaired) electrons. The molecule has 0 N–H and O–H groups in total. The molecule has 0 aromatic rings. The topological polar surface area (TPSA) is 155 Å². The van der Waals surface area contributed by atoms with E-state index in [0.29, 0.717) is 0 Å². The van der Waals surface area contributed by atoms with Gasteiger partial charge < -0.3 is 9.47 Å². The van der Waals surface area contributed by atoms with Crippen LogP contribution in [0, 0.1) is 0 Å². The molecule has 0 aliphatic heterocycles. The molecular weight excluding hydrogens is 344 g/mol. The van der Waals surface area contributed by atoms with Gasteiger partial charge in [0.05, 0.1) is 11.5 Å². The molecule has 0 rings (SSSR count). The van der Waals surface area contributed by atoms with Crippen molar-refractivity contribution in [3.8, 4) is 0 Å². The van der Waals surface area contributed by atoms with Crippen LogP contribution in [-0.4, -0.2) is 63.7 Å². The van der Waals surface area contributed by atoms with E-state index in [1.807, 2.05) is 0 Å². The lowest BCUT2D eigenvalue weighted by Crippen LogP contribution is -2.29. The predicted octanol–water partition coefficient (Wildman–Crippen LogP) is -2.00. The first kappa shape index (κ1) is 20.2. The fourth-order valence-electron chi connectivity index (χ4n) is 1.14. The first-order chi connectivity index (χ1) is 9.83. The third-order valence-corrected chi connectivity index (χ3v) is 5.16. The highest BCUT2D eigenvalue weighted by Crippen LogP contribution is 1.99.